The van der Waals surface area contributed by atoms with Crippen molar-refractivity contribution in [1.29, 1.82) is 0 Å². The van der Waals surface area contributed by atoms with Crippen molar-refractivity contribution in [1.82, 2.24) is 14.9 Å². The molecule has 4 rings (SSSR count). The van der Waals surface area contributed by atoms with E-state index in [2.05, 4.69) is 10.2 Å². The highest BCUT2D eigenvalue weighted by Crippen LogP contribution is 2.40. The Balaban J connectivity index is 1.39. The third-order valence-corrected chi connectivity index (χ3v) is 5.29. The van der Waals surface area contributed by atoms with E-state index in [0.29, 0.717) is 44.8 Å². The number of ether oxygens (including phenoxy) is 4. The third-order valence-electron chi connectivity index (χ3n) is 4.00. The Labute approximate surface area is 170 Å². The minimum atomic E-state index is 0.180. The molecule has 2 heterocycles. The van der Waals surface area contributed by atoms with Gasteiger partial charge in [0.25, 0.3) is 0 Å². The SMILES string of the molecule is COc1cccc(OCc2nnc(SCc3cc(Cl)c4c(c3)OCO4)n2N)c1. The van der Waals surface area contributed by atoms with Crippen LogP contribution >= 0.6 is 23.4 Å². The van der Waals surface area contributed by atoms with Crippen molar-refractivity contribution in [3.05, 3.63) is 52.8 Å². The second-order valence-corrected chi connectivity index (χ2v) is 7.19. The molecule has 0 radical (unpaired) electrons. The maximum Gasteiger partial charge on any atom is 0.231 e. The van der Waals surface area contributed by atoms with Crippen LogP contribution in [-0.2, 0) is 12.4 Å². The monoisotopic (exact) mass is 420 g/mol. The number of halogens is 1. The zero-order valence-corrected chi connectivity index (χ0v) is 16.5. The highest BCUT2D eigenvalue weighted by molar-refractivity contribution is 7.98. The quantitative estimate of drug-likeness (QED) is 0.460. The molecule has 8 nitrogen and oxygen atoms in total. The summed E-state index contributed by atoms with van der Waals surface area (Å²) in [6, 6.07) is 11.0. The van der Waals surface area contributed by atoms with E-state index >= 15 is 0 Å². The summed E-state index contributed by atoms with van der Waals surface area (Å²) < 4.78 is 23.0. The number of nitrogens with zero attached hydrogens (tertiary/aromatic N) is 3. The van der Waals surface area contributed by atoms with Crippen molar-refractivity contribution in [3.8, 4) is 23.0 Å². The van der Waals surface area contributed by atoms with Gasteiger partial charge >= 0.3 is 0 Å². The van der Waals surface area contributed by atoms with E-state index in [1.165, 1.54) is 16.4 Å². The molecule has 0 bridgehead atoms. The van der Waals surface area contributed by atoms with E-state index in [4.69, 9.17) is 36.4 Å². The van der Waals surface area contributed by atoms with Crippen molar-refractivity contribution < 1.29 is 18.9 Å². The number of thioether (sulfide) groups is 1. The molecule has 2 aromatic carbocycles. The fourth-order valence-electron chi connectivity index (χ4n) is 2.59. The number of hydrogen-bond acceptors (Lipinski definition) is 8. The number of aromatic nitrogens is 3. The van der Waals surface area contributed by atoms with Crippen LogP contribution in [0.5, 0.6) is 23.0 Å². The van der Waals surface area contributed by atoms with Gasteiger partial charge in [-0.2, -0.15) is 0 Å². The molecule has 0 spiro atoms. The molecule has 0 fully saturated rings. The second kappa shape index (κ2) is 8.07. The average molecular weight is 421 g/mol. The number of nitrogens with two attached hydrogens (primary N) is 1. The highest BCUT2D eigenvalue weighted by Gasteiger charge is 2.19. The number of nitrogen functional groups attached to an aromatic ring is 1. The smallest absolute Gasteiger partial charge is 0.231 e. The van der Waals surface area contributed by atoms with Gasteiger partial charge in [0.2, 0.25) is 11.9 Å². The van der Waals surface area contributed by atoms with Crippen LogP contribution in [0.15, 0.2) is 41.6 Å². The predicted molar refractivity (Wildman–Crippen MR) is 105 cm³/mol. The number of benzene rings is 2. The molecule has 2 N–H and O–H groups in total. The van der Waals surface area contributed by atoms with E-state index in [1.807, 2.05) is 30.3 Å². The van der Waals surface area contributed by atoms with Gasteiger partial charge in [-0.3, -0.25) is 0 Å². The largest absolute Gasteiger partial charge is 0.497 e. The van der Waals surface area contributed by atoms with Crippen LogP contribution in [0, 0.1) is 0 Å². The van der Waals surface area contributed by atoms with Crippen LogP contribution in [0.1, 0.15) is 11.4 Å². The summed E-state index contributed by atoms with van der Waals surface area (Å²) in [5.74, 6) is 9.80. The van der Waals surface area contributed by atoms with Gasteiger partial charge in [-0.05, 0) is 29.8 Å². The maximum absolute atomic E-state index is 6.22. The van der Waals surface area contributed by atoms with E-state index in [9.17, 15) is 0 Å². The van der Waals surface area contributed by atoms with Crippen molar-refractivity contribution >= 4 is 23.4 Å². The molecular weight excluding hydrogens is 404 g/mol. The van der Waals surface area contributed by atoms with E-state index in [-0.39, 0.29) is 13.4 Å². The van der Waals surface area contributed by atoms with Gasteiger partial charge < -0.3 is 24.8 Å². The molecule has 0 unspecified atom stereocenters. The predicted octanol–water partition coefficient (Wildman–Crippen LogP) is 3.25. The summed E-state index contributed by atoms with van der Waals surface area (Å²) in [4.78, 5) is 0. The zero-order chi connectivity index (χ0) is 19.5. The Morgan fingerprint density at radius 2 is 2.07 bits per heavy atom. The fourth-order valence-corrected chi connectivity index (χ4v) is 3.69. The standard InChI is InChI=1S/C18H17ClN4O4S/c1-24-12-3-2-4-13(7-12)25-8-16-21-22-18(23(16)20)28-9-11-5-14(19)17-15(6-11)26-10-27-17/h2-7H,8-10,20H2,1H3. The number of methoxy groups -OCH3 is 1. The normalized spacial score (nSPS) is 12.2. The molecule has 0 saturated heterocycles. The molecule has 1 aliphatic heterocycles. The Hall–Kier alpha value is -2.78. The molecule has 28 heavy (non-hydrogen) atoms. The van der Waals surface area contributed by atoms with Gasteiger partial charge in [-0.1, -0.05) is 29.4 Å². The van der Waals surface area contributed by atoms with Crippen LogP contribution in [0.2, 0.25) is 5.02 Å². The second-order valence-electron chi connectivity index (χ2n) is 5.84. The van der Waals surface area contributed by atoms with Crippen molar-refractivity contribution in [3.63, 3.8) is 0 Å². The molecule has 10 heteroatoms. The molecule has 146 valence electrons. The molecular formula is C18H17ClN4O4S. The number of rotatable bonds is 7. The molecule has 1 aliphatic rings. The Bertz CT molecular complexity index is 998. The first-order valence-corrected chi connectivity index (χ1v) is 9.67. The van der Waals surface area contributed by atoms with Gasteiger partial charge in [0.05, 0.1) is 12.1 Å². The Morgan fingerprint density at radius 3 is 2.93 bits per heavy atom. The Morgan fingerprint density at radius 1 is 1.21 bits per heavy atom. The summed E-state index contributed by atoms with van der Waals surface area (Å²) in [7, 11) is 1.60. The first-order valence-electron chi connectivity index (χ1n) is 8.31. The molecule has 0 aliphatic carbocycles. The summed E-state index contributed by atoms with van der Waals surface area (Å²) in [6.45, 7) is 0.368. The molecule has 0 saturated carbocycles. The number of fused-ring (bicyclic) bond motifs is 1. The average Bonchev–Trinajstić information content (AvgIpc) is 3.32. The van der Waals surface area contributed by atoms with Crippen LogP contribution in [0.3, 0.4) is 0 Å². The highest BCUT2D eigenvalue weighted by atomic mass is 35.5. The first kappa shape index (κ1) is 18.6. The van der Waals surface area contributed by atoms with Gasteiger partial charge in [0, 0.05) is 11.8 Å². The first-order chi connectivity index (χ1) is 13.6. The van der Waals surface area contributed by atoms with Crippen LogP contribution in [0.25, 0.3) is 0 Å². The maximum atomic E-state index is 6.22. The summed E-state index contributed by atoms with van der Waals surface area (Å²) in [6.07, 6.45) is 0. The number of hydrogen-bond donors (Lipinski definition) is 1. The molecule has 3 aromatic rings. The van der Waals surface area contributed by atoms with Crippen molar-refractivity contribution in [2.75, 3.05) is 19.7 Å². The van der Waals surface area contributed by atoms with Gasteiger partial charge in [-0.15, -0.1) is 10.2 Å². The van der Waals surface area contributed by atoms with Crippen molar-refractivity contribution in [2.45, 2.75) is 17.5 Å². The van der Waals surface area contributed by atoms with E-state index < -0.39 is 0 Å². The van der Waals surface area contributed by atoms with E-state index in [1.54, 1.807) is 13.2 Å². The molecule has 1 aromatic heterocycles. The van der Waals surface area contributed by atoms with Crippen LogP contribution < -0.4 is 24.8 Å². The topological polar surface area (TPSA) is 93.6 Å². The molecule has 0 atom stereocenters. The lowest BCUT2D eigenvalue weighted by atomic mass is 10.2. The third kappa shape index (κ3) is 3.90. The summed E-state index contributed by atoms with van der Waals surface area (Å²) >= 11 is 7.65. The van der Waals surface area contributed by atoms with Gasteiger partial charge in [0.1, 0.15) is 18.1 Å². The lowest BCUT2D eigenvalue weighted by Gasteiger charge is -2.08. The fraction of sp³-hybridized carbons (Fsp3) is 0.222. The summed E-state index contributed by atoms with van der Waals surface area (Å²) in [5, 5.41) is 9.32. The minimum Gasteiger partial charge on any atom is -0.497 e. The minimum absolute atomic E-state index is 0.180. The van der Waals surface area contributed by atoms with Crippen molar-refractivity contribution in [2.24, 2.45) is 0 Å². The molecule has 0 amide bonds. The lowest BCUT2D eigenvalue weighted by Crippen LogP contribution is -2.15. The zero-order valence-electron chi connectivity index (χ0n) is 14.9. The van der Waals surface area contributed by atoms with Gasteiger partial charge in [0.15, 0.2) is 17.3 Å². The Kier molecular flexibility index (Phi) is 5.36. The van der Waals surface area contributed by atoms with Gasteiger partial charge in [-0.25, -0.2) is 4.68 Å². The summed E-state index contributed by atoms with van der Waals surface area (Å²) in [5.41, 5.74) is 0.969. The van der Waals surface area contributed by atoms with E-state index in [0.717, 1.165) is 5.56 Å². The van der Waals surface area contributed by atoms with Crippen LogP contribution in [-0.4, -0.2) is 28.8 Å². The lowest BCUT2D eigenvalue weighted by molar-refractivity contribution is 0.174. The van der Waals surface area contributed by atoms with Crippen LogP contribution in [0.4, 0.5) is 0 Å².